The minimum Gasteiger partial charge on any atom is -0.369 e. The first-order chi connectivity index (χ1) is 16.0. The Morgan fingerprint density at radius 1 is 0.909 bits per heavy atom. The van der Waals surface area contributed by atoms with Crippen LogP contribution in [0.1, 0.15) is 21.7 Å². The summed E-state index contributed by atoms with van der Waals surface area (Å²) in [5.41, 5.74) is 1.69. The van der Waals surface area contributed by atoms with E-state index in [4.69, 9.17) is 0 Å². The topological polar surface area (TPSA) is 60.9 Å². The van der Waals surface area contributed by atoms with E-state index in [0.29, 0.717) is 31.7 Å². The summed E-state index contributed by atoms with van der Waals surface area (Å²) in [6.45, 7) is 2.61. The molecule has 2 amide bonds. The van der Waals surface area contributed by atoms with Gasteiger partial charge in [-0.2, -0.15) is 0 Å². The van der Waals surface area contributed by atoms with Gasteiger partial charge in [-0.3, -0.25) is 19.3 Å². The lowest BCUT2D eigenvalue weighted by atomic mass is 10.1. The molecule has 168 valence electrons. The molecule has 8 heteroatoms. The van der Waals surface area contributed by atoms with Crippen molar-refractivity contribution < 1.29 is 18.8 Å². The maximum absolute atomic E-state index is 14.2. The third-order valence-corrected chi connectivity index (χ3v) is 7.08. The van der Waals surface area contributed by atoms with Crippen molar-refractivity contribution in [2.45, 2.75) is 12.5 Å². The van der Waals surface area contributed by atoms with Crippen molar-refractivity contribution in [2.24, 2.45) is 0 Å². The van der Waals surface area contributed by atoms with E-state index in [9.17, 15) is 18.8 Å². The Morgan fingerprint density at radius 2 is 1.64 bits per heavy atom. The number of hydrogen-bond acceptors (Lipinski definition) is 6. The van der Waals surface area contributed by atoms with Crippen molar-refractivity contribution in [1.82, 2.24) is 4.90 Å². The molecule has 5 rings (SSSR count). The largest absolute Gasteiger partial charge is 0.369 e. The zero-order valence-corrected chi connectivity index (χ0v) is 18.6. The highest BCUT2D eigenvalue weighted by molar-refractivity contribution is 7.12. The first-order valence-electron chi connectivity index (χ1n) is 10.8. The van der Waals surface area contributed by atoms with Crippen molar-refractivity contribution in [3.63, 3.8) is 0 Å². The van der Waals surface area contributed by atoms with Gasteiger partial charge in [0.05, 0.1) is 23.0 Å². The molecule has 2 aromatic carbocycles. The Hall–Kier alpha value is -3.36. The number of amides is 2. The Morgan fingerprint density at radius 3 is 2.30 bits per heavy atom. The van der Waals surface area contributed by atoms with Crippen LogP contribution in [-0.4, -0.2) is 54.7 Å². The predicted octanol–water partition coefficient (Wildman–Crippen LogP) is 3.57. The number of carbonyl (C=O) groups is 3. The van der Waals surface area contributed by atoms with Crippen LogP contribution in [0.5, 0.6) is 0 Å². The molecule has 2 aliphatic heterocycles. The van der Waals surface area contributed by atoms with Gasteiger partial charge in [-0.25, -0.2) is 9.29 Å². The molecule has 0 radical (unpaired) electrons. The Bertz CT molecular complexity index is 1190. The molecule has 6 nitrogen and oxygen atoms in total. The summed E-state index contributed by atoms with van der Waals surface area (Å²) in [7, 11) is 0. The summed E-state index contributed by atoms with van der Waals surface area (Å²) in [5, 5.41) is 1.89. The van der Waals surface area contributed by atoms with Gasteiger partial charge in [0.15, 0.2) is 0 Å². The number of rotatable bonds is 5. The normalized spacial score (nSPS) is 19.4. The van der Waals surface area contributed by atoms with Crippen LogP contribution in [0.4, 0.5) is 15.8 Å². The van der Waals surface area contributed by atoms with E-state index >= 15 is 0 Å². The number of para-hydroxylation sites is 1. The lowest BCUT2D eigenvalue weighted by Gasteiger charge is -2.38. The summed E-state index contributed by atoms with van der Waals surface area (Å²) in [5.74, 6) is -1.30. The number of halogens is 1. The second-order valence-electron chi connectivity index (χ2n) is 8.12. The molecule has 1 atom stereocenters. The third kappa shape index (κ3) is 4.07. The fourth-order valence-electron chi connectivity index (χ4n) is 4.45. The van der Waals surface area contributed by atoms with Gasteiger partial charge in [-0.1, -0.05) is 18.2 Å². The number of imide groups is 1. The average Bonchev–Trinajstić information content (AvgIpc) is 3.48. The molecule has 0 unspecified atom stereocenters. The number of benzene rings is 2. The number of anilines is 2. The highest BCUT2D eigenvalue weighted by Gasteiger charge is 2.44. The van der Waals surface area contributed by atoms with Crippen molar-refractivity contribution in [3.05, 3.63) is 82.3 Å². The van der Waals surface area contributed by atoms with Crippen LogP contribution in [-0.2, 0) is 9.59 Å². The Balaban J connectivity index is 1.22. The average molecular weight is 464 g/mol. The van der Waals surface area contributed by atoms with E-state index in [0.717, 1.165) is 15.5 Å². The van der Waals surface area contributed by atoms with Gasteiger partial charge < -0.3 is 4.90 Å². The van der Waals surface area contributed by atoms with Crippen molar-refractivity contribution in [3.8, 4) is 0 Å². The molecule has 2 fully saturated rings. The van der Waals surface area contributed by atoms with Crippen molar-refractivity contribution in [1.29, 1.82) is 0 Å². The van der Waals surface area contributed by atoms with Crippen LogP contribution >= 0.6 is 11.3 Å². The second kappa shape index (κ2) is 8.88. The molecule has 0 saturated carbocycles. The van der Waals surface area contributed by atoms with E-state index < -0.39 is 11.9 Å². The van der Waals surface area contributed by atoms with Gasteiger partial charge in [0.25, 0.3) is 5.91 Å². The van der Waals surface area contributed by atoms with Gasteiger partial charge in [-0.15, -0.1) is 11.3 Å². The molecule has 0 spiro atoms. The maximum Gasteiger partial charge on any atom is 0.251 e. The highest BCUT2D eigenvalue weighted by Crippen LogP contribution is 2.29. The fourth-order valence-corrected chi connectivity index (χ4v) is 5.14. The molecule has 0 N–H and O–H groups in total. The molecule has 0 bridgehead atoms. The van der Waals surface area contributed by atoms with E-state index in [1.54, 1.807) is 6.07 Å². The van der Waals surface area contributed by atoms with Crippen molar-refractivity contribution >= 4 is 40.3 Å². The van der Waals surface area contributed by atoms with Crippen LogP contribution in [0, 0.1) is 5.82 Å². The minimum absolute atomic E-state index is 0.0187. The van der Waals surface area contributed by atoms with E-state index in [1.165, 1.54) is 29.5 Å². The summed E-state index contributed by atoms with van der Waals surface area (Å²) < 4.78 is 14.2. The van der Waals surface area contributed by atoms with Crippen LogP contribution < -0.4 is 9.80 Å². The highest BCUT2D eigenvalue weighted by atomic mass is 32.1. The fraction of sp³-hybridized carbons (Fsp3) is 0.240. The summed E-state index contributed by atoms with van der Waals surface area (Å²) >= 11 is 1.43. The van der Waals surface area contributed by atoms with Gasteiger partial charge >= 0.3 is 0 Å². The smallest absolute Gasteiger partial charge is 0.251 e. The van der Waals surface area contributed by atoms with Gasteiger partial charge in [0.2, 0.25) is 11.7 Å². The Labute approximate surface area is 194 Å². The van der Waals surface area contributed by atoms with E-state index in [1.807, 2.05) is 46.7 Å². The molecular weight excluding hydrogens is 441 g/mol. The number of carbonyl (C=O) groups excluding carboxylic acids is 3. The van der Waals surface area contributed by atoms with Gasteiger partial charge in [0.1, 0.15) is 5.82 Å². The van der Waals surface area contributed by atoms with E-state index in [-0.39, 0.29) is 29.7 Å². The quantitative estimate of drug-likeness (QED) is 0.428. The van der Waals surface area contributed by atoms with Crippen LogP contribution in [0.3, 0.4) is 0 Å². The summed E-state index contributed by atoms with van der Waals surface area (Å²) in [6, 6.07) is 16.6. The molecule has 3 aromatic rings. The number of ketones is 1. The number of hydrogen-bond donors (Lipinski definition) is 0. The zero-order chi connectivity index (χ0) is 22.9. The first kappa shape index (κ1) is 21.5. The number of thiophene rings is 1. The minimum atomic E-state index is -0.578. The zero-order valence-electron chi connectivity index (χ0n) is 17.8. The molecule has 2 saturated heterocycles. The second-order valence-corrected chi connectivity index (χ2v) is 9.06. The molecule has 33 heavy (non-hydrogen) atoms. The standard InChI is InChI=1S/C25H22FN3O3S/c26-19-4-1-2-5-20(19)29-23(30)16-21(25(29)32)28-13-11-27(12-14-28)18-9-7-17(8-10-18)24(31)22-6-3-15-33-22/h1-10,15,21H,11-14,16H2/t21-/m0/s1. The lowest BCUT2D eigenvalue weighted by Crippen LogP contribution is -2.52. The van der Waals surface area contributed by atoms with E-state index in [2.05, 4.69) is 4.90 Å². The molecular formula is C25H22FN3O3S. The third-order valence-electron chi connectivity index (χ3n) is 6.21. The van der Waals surface area contributed by atoms with Crippen molar-refractivity contribution in [2.75, 3.05) is 36.0 Å². The lowest BCUT2D eigenvalue weighted by molar-refractivity contribution is -0.123. The van der Waals surface area contributed by atoms with Gasteiger partial charge in [0, 0.05) is 37.4 Å². The van der Waals surface area contributed by atoms with Crippen LogP contribution in [0.15, 0.2) is 66.0 Å². The molecule has 3 heterocycles. The molecule has 1 aromatic heterocycles. The number of piperazine rings is 1. The van der Waals surface area contributed by atoms with Crippen LogP contribution in [0.2, 0.25) is 0 Å². The molecule has 2 aliphatic rings. The number of nitrogens with zero attached hydrogens (tertiary/aromatic N) is 3. The predicted molar refractivity (Wildman–Crippen MR) is 125 cm³/mol. The van der Waals surface area contributed by atoms with Crippen LogP contribution in [0.25, 0.3) is 0 Å². The first-order valence-corrected chi connectivity index (χ1v) is 11.7. The molecule has 0 aliphatic carbocycles. The summed E-state index contributed by atoms with van der Waals surface area (Å²) in [4.78, 5) is 43.9. The SMILES string of the molecule is O=C(c1ccc(N2CCN([C@H]3CC(=O)N(c4ccccc4F)C3=O)CC2)cc1)c1cccs1. The Kier molecular flexibility index (Phi) is 5.78. The maximum atomic E-state index is 14.2. The van der Waals surface area contributed by atoms with Gasteiger partial charge in [-0.05, 0) is 47.8 Å². The summed E-state index contributed by atoms with van der Waals surface area (Å²) in [6.07, 6.45) is 0.0622. The monoisotopic (exact) mass is 463 g/mol.